The fraction of sp³-hybridized carbons (Fsp3) is 0.583. The predicted octanol–water partition coefficient (Wildman–Crippen LogP) is 5.91. The van der Waals surface area contributed by atoms with Crippen molar-refractivity contribution < 1.29 is 39.9 Å². The van der Waals surface area contributed by atoms with Crippen LogP contribution in [-0.2, 0) is 15.6 Å². The molecule has 2 aromatic rings. The Morgan fingerprint density at radius 3 is 2.08 bits per heavy atom. The minimum Gasteiger partial charge on any atom is -0.369 e. The molecule has 2 aliphatic rings. The fourth-order valence-electron chi connectivity index (χ4n) is 5.31. The van der Waals surface area contributed by atoms with Crippen LogP contribution < -0.4 is 4.90 Å². The number of rotatable bonds is 6. The van der Waals surface area contributed by atoms with Crippen molar-refractivity contribution in [3.63, 3.8) is 0 Å². The second-order valence-electron chi connectivity index (χ2n) is 9.63. The van der Waals surface area contributed by atoms with Crippen LogP contribution in [0, 0.1) is 5.92 Å². The summed E-state index contributed by atoms with van der Waals surface area (Å²) >= 11 is 1.11. The van der Waals surface area contributed by atoms with E-state index in [1.165, 1.54) is 10.4 Å². The molecule has 0 unspecified atom stereocenters. The molecule has 1 atom stereocenters. The molecule has 1 aliphatic heterocycles. The van der Waals surface area contributed by atoms with Crippen LogP contribution in [0.15, 0.2) is 46.0 Å². The van der Waals surface area contributed by atoms with Crippen LogP contribution in [0.1, 0.15) is 44.1 Å². The minimum atomic E-state index is -5.96. The summed E-state index contributed by atoms with van der Waals surface area (Å²) in [7, 11) is -3.71. The molecule has 0 bridgehead atoms. The van der Waals surface area contributed by atoms with Crippen LogP contribution in [-0.4, -0.2) is 55.9 Å². The Bertz CT molecular complexity index is 1130. The molecule has 206 valence electrons. The maximum atomic E-state index is 13.3. The van der Waals surface area contributed by atoms with E-state index in [0.29, 0.717) is 30.2 Å². The lowest BCUT2D eigenvalue weighted by molar-refractivity contribution is -0.376. The highest BCUT2D eigenvalue weighted by molar-refractivity contribution is 7.91. The molecular weight excluding hydrogens is 542 g/mol. The highest BCUT2D eigenvalue weighted by atomic mass is 32.2. The molecule has 1 aromatic carbocycles. The van der Waals surface area contributed by atoms with Crippen LogP contribution in [0.5, 0.6) is 0 Å². The van der Waals surface area contributed by atoms with Crippen LogP contribution in [0.25, 0.3) is 0 Å². The van der Waals surface area contributed by atoms with Crippen molar-refractivity contribution in [1.29, 1.82) is 0 Å². The first-order chi connectivity index (χ1) is 17.2. The molecule has 0 spiro atoms. The van der Waals surface area contributed by atoms with Gasteiger partial charge >= 0.3 is 12.4 Å². The van der Waals surface area contributed by atoms with E-state index in [4.69, 9.17) is 0 Å². The average Bonchev–Trinajstić information content (AvgIpc) is 3.39. The Morgan fingerprint density at radius 1 is 0.919 bits per heavy atom. The standard InChI is InChI=1S/C24H28F6N2O3S2/c25-23(26,27)22(33,24(28,29)30)18-8-10-19(11-9-18)32-13-12-31(37(34,35)21-7-4-14-36-21)16-20(32)15-17-5-2-1-3-6-17/h4,7-11,14,17,20,33H,1-3,5-6,12-13,15-16H2/t20-/m0/s1. The van der Waals surface area contributed by atoms with E-state index in [1.807, 2.05) is 4.90 Å². The zero-order valence-electron chi connectivity index (χ0n) is 19.8. The minimum absolute atomic E-state index is 0.123. The van der Waals surface area contributed by atoms with Gasteiger partial charge in [0, 0.05) is 36.9 Å². The first kappa shape index (κ1) is 28.2. The van der Waals surface area contributed by atoms with Gasteiger partial charge in [0.15, 0.2) is 0 Å². The first-order valence-electron chi connectivity index (χ1n) is 12.0. The number of benzene rings is 1. The summed E-state index contributed by atoms with van der Waals surface area (Å²) in [5.41, 5.74) is -5.93. The molecule has 2 heterocycles. The molecule has 1 saturated heterocycles. The van der Waals surface area contributed by atoms with Gasteiger partial charge in [0.2, 0.25) is 0 Å². The van der Waals surface area contributed by atoms with Gasteiger partial charge in [0.25, 0.3) is 15.6 Å². The van der Waals surface area contributed by atoms with Crippen LogP contribution in [0.2, 0.25) is 0 Å². The van der Waals surface area contributed by atoms with Gasteiger partial charge in [0.05, 0.1) is 0 Å². The Balaban J connectivity index is 1.62. The number of sulfonamides is 1. The SMILES string of the molecule is O=S(=O)(c1cccs1)N1CCN(c2ccc(C(O)(C(F)(F)F)C(F)(F)F)cc2)[C@@H](CC2CCCCC2)C1. The van der Waals surface area contributed by atoms with Crippen molar-refractivity contribution in [2.24, 2.45) is 5.92 Å². The molecule has 5 nitrogen and oxygen atoms in total. The van der Waals surface area contributed by atoms with Gasteiger partial charge in [-0.2, -0.15) is 30.6 Å². The second-order valence-corrected chi connectivity index (χ2v) is 12.7. The van der Waals surface area contributed by atoms with Crippen molar-refractivity contribution in [2.75, 3.05) is 24.5 Å². The average molecular weight is 571 g/mol. The highest BCUT2D eigenvalue weighted by Gasteiger charge is 2.71. The normalized spacial score (nSPS) is 21.4. The van der Waals surface area contributed by atoms with Crippen molar-refractivity contribution in [2.45, 2.75) is 66.7 Å². The Hall–Kier alpha value is -1.83. The summed E-state index contributed by atoms with van der Waals surface area (Å²) in [5, 5.41) is 11.4. The summed E-state index contributed by atoms with van der Waals surface area (Å²) in [4.78, 5) is 1.86. The van der Waals surface area contributed by atoms with Crippen molar-refractivity contribution in [3.8, 4) is 0 Å². The molecule has 1 N–H and O–H groups in total. The molecule has 1 saturated carbocycles. The summed E-state index contributed by atoms with van der Waals surface area (Å²) in [6.45, 7) is 0.510. The lowest BCUT2D eigenvalue weighted by atomic mass is 9.84. The number of nitrogens with zero attached hydrogens (tertiary/aromatic N) is 2. The summed E-state index contributed by atoms with van der Waals surface area (Å²) in [6, 6.07) is 6.43. The lowest BCUT2D eigenvalue weighted by Gasteiger charge is -2.44. The molecule has 1 aromatic heterocycles. The van der Waals surface area contributed by atoms with Crippen molar-refractivity contribution in [1.82, 2.24) is 4.31 Å². The van der Waals surface area contributed by atoms with E-state index < -0.39 is 33.5 Å². The largest absolute Gasteiger partial charge is 0.430 e. The monoisotopic (exact) mass is 570 g/mol. The molecule has 0 amide bonds. The van der Waals surface area contributed by atoms with E-state index in [2.05, 4.69) is 0 Å². The maximum absolute atomic E-state index is 13.3. The van der Waals surface area contributed by atoms with Gasteiger partial charge in [-0.1, -0.05) is 50.3 Å². The van der Waals surface area contributed by atoms with Crippen molar-refractivity contribution >= 4 is 27.0 Å². The molecule has 37 heavy (non-hydrogen) atoms. The van der Waals surface area contributed by atoms with E-state index in [-0.39, 0.29) is 29.9 Å². The third-order valence-electron chi connectivity index (χ3n) is 7.30. The number of thiophene rings is 1. The number of hydrogen-bond acceptors (Lipinski definition) is 5. The molecular formula is C24H28F6N2O3S2. The third-order valence-corrected chi connectivity index (χ3v) is 10.5. The summed E-state index contributed by atoms with van der Waals surface area (Å²) < 4.78 is 108. The Kier molecular flexibility index (Phi) is 7.91. The lowest BCUT2D eigenvalue weighted by Crippen LogP contribution is -2.55. The highest BCUT2D eigenvalue weighted by Crippen LogP contribution is 2.50. The second kappa shape index (κ2) is 10.4. The van der Waals surface area contributed by atoms with Gasteiger partial charge in [0.1, 0.15) is 4.21 Å². The maximum Gasteiger partial charge on any atom is 0.430 e. The van der Waals surface area contributed by atoms with Crippen LogP contribution in [0.4, 0.5) is 32.0 Å². The van der Waals surface area contributed by atoms with Crippen molar-refractivity contribution in [3.05, 3.63) is 47.3 Å². The van der Waals surface area contributed by atoms with Gasteiger partial charge in [-0.05, 0) is 35.9 Å². The number of anilines is 1. The number of alkyl halides is 6. The molecule has 2 fully saturated rings. The zero-order valence-corrected chi connectivity index (χ0v) is 21.4. The number of aliphatic hydroxyl groups is 1. The molecule has 1 aliphatic carbocycles. The Labute approximate surface area is 215 Å². The molecule has 13 heteroatoms. The molecule has 4 rings (SSSR count). The van der Waals surface area contributed by atoms with Crippen LogP contribution >= 0.6 is 11.3 Å². The first-order valence-corrected chi connectivity index (χ1v) is 14.3. The summed E-state index contributed by atoms with van der Waals surface area (Å²) in [5.74, 6) is 0.352. The third kappa shape index (κ3) is 5.50. The van der Waals surface area contributed by atoms with E-state index in [0.717, 1.165) is 55.6 Å². The van der Waals surface area contributed by atoms with E-state index in [1.54, 1.807) is 11.4 Å². The van der Waals surface area contributed by atoms with E-state index >= 15 is 0 Å². The van der Waals surface area contributed by atoms with Crippen LogP contribution in [0.3, 0.4) is 0 Å². The quantitative estimate of drug-likeness (QED) is 0.439. The smallest absolute Gasteiger partial charge is 0.369 e. The van der Waals surface area contributed by atoms with Gasteiger partial charge in [-0.3, -0.25) is 0 Å². The Morgan fingerprint density at radius 2 is 1.54 bits per heavy atom. The van der Waals surface area contributed by atoms with Gasteiger partial charge in [-0.15, -0.1) is 11.3 Å². The topological polar surface area (TPSA) is 60.9 Å². The van der Waals surface area contributed by atoms with Gasteiger partial charge in [-0.25, -0.2) is 8.42 Å². The van der Waals surface area contributed by atoms with Gasteiger partial charge < -0.3 is 10.0 Å². The molecule has 0 radical (unpaired) electrons. The predicted molar refractivity (Wildman–Crippen MR) is 128 cm³/mol. The number of hydrogen-bond donors (Lipinski definition) is 1. The summed E-state index contributed by atoms with van der Waals surface area (Å²) in [6.07, 6.45) is -6.01. The fourth-order valence-corrected chi connectivity index (χ4v) is 7.93. The zero-order chi connectivity index (χ0) is 27.1. The van der Waals surface area contributed by atoms with E-state index in [9.17, 15) is 39.9 Å². The number of halogens is 6. The number of piperazine rings is 1.